The van der Waals surface area contributed by atoms with E-state index in [1.807, 2.05) is 36.9 Å². The summed E-state index contributed by atoms with van der Waals surface area (Å²) in [6, 6.07) is 14.5. The first-order valence-electron chi connectivity index (χ1n) is 13.9. The molecule has 0 amide bonds. The van der Waals surface area contributed by atoms with Gasteiger partial charge in [0, 0.05) is 59.3 Å². The smallest absolute Gasteiger partial charge is 0.163 e. The molecule has 6 heterocycles. The molecule has 8 rings (SSSR count). The average Bonchev–Trinajstić information content (AvgIpc) is 3.67. The second-order valence-corrected chi connectivity index (χ2v) is 11.1. The van der Waals surface area contributed by atoms with E-state index in [0.29, 0.717) is 24.0 Å². The molecule has 1 N–H and O–H groups in total. The summed E-state index contributed by atoms with van der Waals surface area (Å²) in [6.45, 7) is 1.83. The number of rotatable bonds is 4. The van der Waals surface area contributed by atoms with Crippen LogP contribution in [0.15, 0.2) is 61.2 Å². The molecule has 1 aromatic carbocycles. The fourth-order valence-electron chi connectivity index (χ4n) is 7.34. The van der Waals surface area contributed by atoms with Crippen LogP contribution in [0.2, 0.25) is 0 Å². The van der Waals surface area contributed by atoms with Crippen molar-refractivity contribution in [2.24, 2.45) is 0 Å². The van der Waals surface area contributed by atoms with Gasteiger partial charge in [0.2, 0.25) is 0 Å². The molecule has 2 atom stereocenters. The average molecular weight is 506 g/mol. The summed E-state index contributed by atoms with van der Waals surface area (Å²) in [5, 5.41) is 13.7. The van der Waals surface area contributed by atoms with Gasteiger partial charge >= 0.3 is 0 Å². The van der Waals surface area contributed by atoms with Crippen molar-refractivity contribution in [3.63, 3.8) is 0 Å². The molecular weight excluding hydrogens is 474 g/mol. The number of hydrogen-bond acceptors (Lipinski definition) is 6. The Labute approximate surface area is 221 Å². The van der Waals surface area contributed by atoms with Crippen molar-refractivity contribution in [3.8, 4) is 22.4 Å². The largest absolute Gasteiger partial charge is 0.378 e. The van der Waals surface area contributed by atoms with Gasteiger partial charge in [-0.25, -0.2) is 9.50 Å². The number of H-pyrrole nitrogens is 1. The van der Waals surface area contributed by atoms with E-state index in [1.54, 1.807) is 0 Å². The number of benzene rings is 1. The molecule has 38 heavy (non-hydrogen) atoms. The first kappa shape index (κ1) is 22.4. The third-order valence-electron chi connectivity index (χ3n) is 9.09. The van der Waals surface area contributed by atoms with Crippen LogP contribution in [-0.4, -0.2) is 66.0 Å². The Morgan fingerprint density at radius 1 is 0.842 bits per heavy atom. The number of fused-ring (bicyclic) bond motifs is 4. The lowest BCUT2D eigenvalue weighted by atomic mass is 9.82. The van der Waals surface area contributed by atoms with Crippen LogP contribution < -0.4 is 0 Å². The molecule has 2 saturated heterocycles. The molecule has 192 valence electrons. The molecule has 0 radical (unpaired) electrons. The lowest BCUT2D eigenvalue weighted by Crippen LogP contribution is -2.52. The summed E-state index contributed by atoms with van der Waals surface area (Å²) in [6.07, 6.45) is 15.0. The molecule has 0 spiro atoms. The van der Waals surface area contributed by atoms with E-state index in [9.17, 15) is 0 Å². The minimum absolute atomic E-state index is 0.471. The topological polar surface area (TPSA) is 84.2 Å². The Hall–Kier alpha value is -3.62. The lowest BCUT2D eigenvalue weighted by molar-refractivity contribution is -0.0443. The summed E-state index contributed by atoms with van der Waals surface area (Å²) >= 11 is 0. The summed E-state index contributed by atoms with van der Waals surface area (Å²) in [7, 11) is 0. The van der Waals surface area contributed by atoms with Crippen molar-refractivity contribution in [3.05, 3.63) is 66.9 Å². The van der Waals surface area contributed by atoms with Crippen LogP contribution in [0.1, 0.15) is 50.1 Å². The number of ether oxygens (including phenoxy) is 1. The first-order chi connectivity index (χ1) is 18.8. The monoisotopic (exact) mass is 505 g/mol. The normalized spacial score (nSPS) is 25.9. The van der Waals surface area contributed by atoms with Crippen LogP contribution in [0, 0.1) is 0 Å². The second kappa shape index (κ2) is 8.99. The van der Waals surface area contributed by atoms with Crippen LogP contribution in [0.25, 0.3) is 38.9 Å². The van der Waals surface area contributed by atoms with Crippen LogP contribution in [0.5, 0.6) is 0 Å². The molecule has 3 fully saturated rings. The third kappa shape index (κ3) is 3.50. The molecule has 4 aromatic heterocycles. The summed E-state index contributed by atoms with van der Waals surface area (Å²) in [5.74, 6) is 0.471. The molecule has 3 aliphatic rings. The predicted octanol–water partition coefficient (Wildman–Crippen LogP) is 5.22. The van der Waals surface area contributed by atoms with Crippen LogP contribution in [0.4, 0.5) is 0 Å². The molecule has 5 aromatic rings. The van der Waals surface area contributed by atoms with E-state index in [4.69, 9.17) is 14.8 Å². The van der Waals surface area contributed by atoms with Gasteiger partial charge in [0.05, 0.1) is 30.5 Å². The molecule has 1 saturated carbocycles. The number of pyridine rings is 1. The van der Waals surface area contributed by atoms with Crippen LogP contribution in [-0.2, 0) is 4.74 Å². The number of nitrogens with one attached hydrogen (secondary N) is 1. The molecule has 2 unspecified atom stereocenters. The Balaban J connectivity index is 1.20. The molecule has 8 nitrogen and oxygen atoms in total. The van der Waals surface area contributed by atoms with Gasteiger partial charge < -0.3 is 4.74 Å². The Morgan fingerprint density at radius 2 is 1.63 bits per heavy atom. The van der Waals surface area contributed by atoms with E-state index in [0.717, 1.165) is 52.1 Å². The highest BCUT2D eigenvalue weighted by Crippen LogP contribution is 2.42. The fraction of sp³-hybridized carbons (Fsp3) is 0.400. The van der Waals surface area contributed by atoms with Crippen molar-refractivity contribution in [1.29, 1.82) is 0 Å². The molecule has 8 heteroatoms. The zero-order valence-corrected chi connectivity index (χ0v) is 21.3. The lowest BCUT2D eigenvalue weighted by Gasteiger charge is -2.43. The van der Waals surface area contributed by atoms with Crippen molar-refractivity contribution < 1.29 is 4.74 Å². The third-order valence-corrected chi connectivity index (χ3v) is 9.09. The van der Waals surface area contributed by atoms with Crippen molar-refractivity contribution >= 4 is 16.6 Å². The van der Waals surface area contributed by atoms with Gasteiger partial charge in [0.15, 0.2) is 5.65 Å². The summed E-state index contributed by atoms with van der Waals surface area (Å²) < 4.78 is 7.97. The highest BCUT2D eigenvalue weighted by molar-refractivity contribution is 6.02. The van der Waals surface area contributed by atoms with Crippen LogP contribution >= 0.6 is 0 Å². The molecule has 2 aliphatic heterocycles. The van der Waals surface area contributed by atoms with E-state index >= 15 is 0 Å². The zero-order valence-electron chi connectivity index (χ0n) is 21.3. The highest BCUT2D eigenvalue weighted by Gasteiger charge is 2.42. The van der Waals surface area contributed by atoms with Gasteiger partial charge in [-0.1, -0.05) is 12.1 Å². The van der Waals surface area contributed by atoms with Crippen LogP contribution in [0.3, 0.4) is 0 Å². The van der Waals surface area contributed by atoms with Crippen molar-refractivity contribution in [1.82, 2.24) is 34.7 Å². The Kier molecular flexibility index (Phi) is 5.29. The number of aromatic nitrogens is 6. The SMILES string of the molecule is c1cc(-c2c(-c3ccncc3)nn3c(C4CCC(N5C6CCC5COC6)CC4)ccnc23)c2cn[nH]c2c1. The summed E-state index contributed by atoms with van der Waals surface area (Å²) in [4.78, 5) is 12.0. The minimum atomic E-state index is 0.471. The van der Waals surface area contributed by atoms with Gasteiger partial charge in [-0.15, -0.1) is 0 Å². The maximum absolute atomic E-state index is 5.85. The maximum Gasteiger partial charge on any atom is 0.163 e. The number of morpholine rings is 1. The second-order valence-electron chi connectivity index (χ2n) is 11.1. The van der Waals surface area contributed by atoms with Gasteiger partial charge in [0.25, 0.3) is 0 Å². The molecule has 2 bridgehead atoms. The van der Waals surface area contributed by atoms with Gasteiger partial charge in [-0.05, 0) is 68.4 Å². The van der Waals surface area contributed by atoms with E-state index in [1.165, 1.54) is 44.2 Å². The Bertz CT molecular complexity index is 1590. The van der Waals surface area contributed by atoms with E-state index < -0.39 is 0 Å². The van der Waals surface area contributed by atoms with Crippen molar-refractivity contribution in [2.75, 3.05) is 13.2 Å². The first-order valence-corrected chi connectivity index (χ1v) is 13.9. The number of nitrogens with zero attached hydrogens (tertiary/aromatic N) is 6. The van der Waals surface area contributed by atoms with Gasteiger partial charge in [0.1, 0.15) is 5.69 Å². The zero-order chi connectivity index (χ0) is 25.1. The van der Waals surface area contributed by atoms with Crippen molar-refractivity contribution in [2.45, 2.75) is 62.6 Å². The Morgan fingerprint density at radius 3 is 2.45 bits per heavy atom. The minimum Gasteiger partial charge on any atom is -0.378 e. The molecule has 1 aliphatic carbocycles. The van der Waals surface area contributed by atoms with E-state index in [2.05, 4.69) is 48.9 Å². The fourth-order valence-corrected chi connectivity index (χ4v) is 7.34. The quantitative estimate of drug-likeness (QED) is 0.360. The predicted molar refractivity (Wildman–Crippen MR) is 146 cm³/mol. The van der Waals surface area contributed by atoms with Gasteiger partial charge in [-0.2, -0.15) is 10.2 Å². The highest BCUT2D eigenvalue weighted by atomic mass is 16.5. The molecular formula is C30H31N7O. The van der Waals surface area contributed by atoms with E-state index in [-0.39, 0.29) is 0 Å². The number of aromatic amines is 1. The maximum atomic E-state index is 5.85. The standard InChI is InChI=1S/C30H31N7O/c1-2-24(25-16-33-34-26(25)3-1)28-29(20-10-13-31-14-11-20)35-37-27(12-15-32-30(28)37)19-4-6-21(7-5-19)36-22-8-9-23(36)18-38-17-22/h1-3,10-16,19,21-23H,4-9,17-18H2,(H,33,34). The van der Waals surface area contributed by atoms with Gasteiger partial charge in [-0.3, -0.25) is 15.0 Å². The number of hydrogen-bond donors (Lipinski definition) is 1. The summed E-state index contributed by atoms with van der Waals surface area (Å²) in [5.41, 5.74) is 7.28.